The van der Waals surface area contributed by atoms with Gasteiger partial charge in [0.25, 0.3) is 0 Å². The third-order valence-corrected chi connectivity index (χ3v) is 1.67. The number of rotatable bonds is 1. The highest BCUT2D eigenvalue weighted by Gasteiger charge is 2.36. The van der Waals surface area contributed by atoms with Gasteiger partial charge in [0, 0.05) is 0 Å². The van der Waals surface area contributed by atoms with Crippen LogP contribution >= 0.6 is 0 Å². The highest BCUT2D eigenvalue weighted by atomic mass is 19.1. The van der Waals surface area contributed by atoms with Crippen LogP contribution in [0.1, 0.15) is 12.8 Å². The summed E-state index contributed by atoms with van der Waals surface area (Å²) in [7, 11) is 0. The number of halogens is 1. The van der Waals surface area contributed by atoms with E-state index in [2.05, 4.69) is 0 Å². The van der Waals surface area contributed by atoms with Gasteiger partial charge in [0.05, 0.1) is 5.92 Å². The highest BCUT2D eigenvalue weighted by molar-refractivity contribution is 5.79. The number of alkyl halides is 1. The Labute approximate surface area is 52.4 Å². The van der Waals surface area contributed by atoms with Crippen molar-refractivity contribution >= 4 is 5.91 Å². The van der Waals surface area contributed by atoms with Crippen LogP contribution in [0.25, 0.3) is 0 Å². The first-order valence-corrected chi connectivity index (χ1v) is 2.90. The fourth-order valence-corrected chi connectivity index (χ4v) is 0.862. The number of carbonyl (C=O) groups excluding carboxylic acids is 1. The Hall–Kier alpha value is -0.640. The molecule has 0 saturated heterocycles. The van der Waals surface area contributed by atoms with Gasteiger partial charge in [-0.2, -0.15) is 0 Å². The van der Waals surface area contributed by atoms with Crippen molar-refractivity contribution in [1.82, 2.24) is 5.43 Å². The van der Waals surface area contributed by atoms with Gasteiger partial charge in [-0.3, -0.25) is 10.2 Å². The van der Waals surface area contributed by atoms with E-state index in [9.17, 15) is 9.18 Å². The zero-order chi connectivity index (χ0) is 6.85. The number of hydrazine groups is 1. The maximum Gasteiger partial charge on any atom is 0.239 e. The van der Waals surface area contributed by atoms with Crippen LogP contribution < -0.4 is 11.3 Å². The molecule has 1 saturated carbocycles. The fourth-order valence-electron chi connectivity index (χ4n) is 0.862. The molecule has 0 aliphatic heterocycles. The smallest absolute Gasteiger partial charge is 0.239 e. The van der Waals surface area contributed by atoms with Crippen molar-refractivity contribution in [2.45, 2.75) is 19.0 Å². The molecule has 0 aromatic rings. The monoisotopic (exact) mass is 132 g/mol. The van der Waals surface area contributed by atoms with Crippen molar-refractivity contribution in [3.8, 4) is 0 Å². The molecule has 0 aromatic carbocycles. The summed E-state index contributed by atoms with van der Waals surface area (Å²) in [6.45, 7) is 0. The first-order valence-electron chi connectivity index (χ1n) is 2.90. The summed E-state index contributed by atoms with van der Waals surface area (Å²) in [6, 6.07) is 0. The summed E-state index contributed by atoms with van der Waals surface area (Å²) in [5.41, 5.74) is 1.92. The Kier molecular flexibility index (Phi) is 1.66. The standard InChI is InChI=1S/C5H9FN2O/c6-4-2-1-3(4)5(9)8-7/h3-4H,1-2,7H2,(H,8,9)/t3-,4+/m1/s1. The second-order valence-corrected chi connectivity index (χ2v) is 2.21. The summed E-state index contributed by atoms with van der Waals surface area (Å²) < 4.78 is 12.3. The molecule has 1 fully saturated rings. The number of hydrogen-bond acceptors (Lipinski definition) is 2. The molecule has 0 unspecified atom stereocenters. The van der Waals surface area contributed by atoms with Gasteiger partial charge in [0.1, 0.15) is 6.17 Å². The number of nitrogens with two attached hydrogens (primary N) is 1. The van der Waals surface area contributed by atoms with Crippen LogP contribution in [0.3, 0.4) is 0 Å². The molecule has 4 heteroatoms. The first kappa shape index (κ1) is 6.48. The SMILES string of the molecule is NNC(=O)[C@@H]1CC[C@@H]1F. The van der Waals surface area contributed by atoms with Crippen molar-refractivity contribution in [3.05, 3.63) is 0 Å². The molecular formula is C5H9FN2O. The predicted molar refractivity (Wildman–Crippen MR) is 30.0 cm³/mol. The fraction of sp³-hybridized carbons (Fsp3) is 0.800. The van der Waals surface area contributed by atoms with Gasteiger partial charge < -0.3 is 0 Å². The molecule has 1 amide bonds. The molecule has 2 atom stereocenters. The topological polar surface area (TPSA) is 55.1 Å². The molecule has 3 N–H and O–H groups in total. The maximum absolute atomic E-state index is 12.3. The normalized spacial score (nSPS) is 33.1. The van der Waals surface area contributed by atoms with Gasteiger partial charge >= 0.3 is 0 Å². The van der Waals surface area contributed by atoms with E-state index in [1.165, 1.54) is 0 Å². The Morgan fingerprint density at radius 1 is 1.67 bits per heavy atom. The van der Waals surface area contributed by atoms with Crippen LogP contribution in [-0.2, 0) is 4.79 Å². The summed E-state index contributed by atoms with van der Waals surface area (Å²) in [4.78, 5) is 10.5. The van der Waals surface area contributed by atoms with Gasteiger partial charge in [-0.15, -0.1) is 0 Å². The molecule has 9 heavy (non-hydrogen) atoms. The molecule has 0 spiro atoms. The molecule has 0 radical (unpaired) electrons. The van der Waals surface area contributed by atoms with E-state index in [0.717, 1.165) is 0 Å². The van der Waals surface area contributed by atoms with Gasteiger partial charge in [-0.1, -0.05) is 0 Å². The lowest BCUT2D eigenvalue weighted by atomic mass is 9.83. The van der Waals surface area contributed by atoms with Crippen LogP contribution in [0.5, 0.6) is 0 Å². The van der Waals surface area contributed by atoms with E-state index in [0.29, 0.717) is 12.8 Å². The average molecular weight is 132 g/mol. The molecule has 0 bridgehead atoms. The maximum atomic E-state index is 12.3. The van der Waals surface area contributed by atoms with E-state index in [4.69, 9.17) is 5.84 Å². The Morgan fingerprint density at radius 2 is 2.33 bits per heavy atom. The lowest BCUT2D eigenvalue weighted by Gasteiger charge is -2.27. The van der Waals surface area contributed by atoms with E-state index < -0.39 is 12.1 Å². The molecular weight excluding hydrogens is 123 g/mol. The van der Waals surface area contributed by atoms with Gasteiger partial charge in [-0.05, 0) is 12.8 Å². The van der Waals surface area contributed by atoms with E-state index >= 15 is 0 Å². The second kappa shape index (κ2) is 2.31. The average Bonchev–Trinajstić information content (AvgIpc) is 1.84. The summed E-state index contributed by atoms with van der Waals surface area (Å²) in [5, 5.41) is 0. The quantitative estimate of drug-likeness (QED) is 0.293. The highest BCUT2D eigenvalue weighted by Crippen LogP contribution is 2.29. The van der Waals surface area contributed by atoms with Crippen molar-refractivity contribution in [3.63, 3.8) is 0 Å². The molecule has 52 valence electrons. The molecule has 3 nitrogen and oxygen atoms in total. The molecule has 1 aliphatic rings. The van der Waals surface area contributed by atoms with E-state index in [1.54, 1.807) is 0 Å². The van der Waals surface area contributed by atoms with Crippen molar-refractivity contribution < 1.29 is 9.18 Å². The zero-order valence-corrected chi connectivity index (χ0v) is 4.93. The van der Waals surface area contributed by atoms with Crippen LogP contribution in [0.15, 0.2) is 0 Å². The van der Waals surface area contributed by atoms with Crippen LogP contribution in [0.2, 0.25) is 0 Å². The molecule has 0 heterocycles. The van der Waals surface area contributed by atoms with Crippen molar-refractivity contribution in [2.75, 3.05) is 0 Å². The number of hydrogen-bond donors (Lipinski definition) is 2. The molecule has 1 aliphatic carbocycles. The predicted octanol–water partition coefficient (Wildman–Crippen LogP) is -0.276. The third kappa shape index (κ3) is 1.03. The van der Waals surface area contributed by atoms with E-state index in [-0.39, 0.29) is 5.91 Å². The summed E-state index contributed by atoms with van der Waals surface area (Å²) in [6.07, 6.45) is 0.163. The lowest BCUT2D eigenvalue weighted by molar-refractivity contribution is -0.130. The number of nitrogens with one attached hydrogen (secondary N) is 1. The Morgan fingerprint density at radius 3 is 2.44 bits per heavy atom. The number of carbonyl (C=O) groups is 1. The first-order chi connectivity index (χ1) is 4.25. The second-order valence-electron chi connectivity index (χ2n) is 2.21. The Balaban J connectivity index is 2.35. The van der Waals surface area contributed by atoms with Crippen LogP contribution in [-0.4, -0.2) is 12.1 Å². The minimum Gasteiger partial charge on any atom is -0.294 e. The Bertz CT molecular complexity index is 128. The van der Waals surface area contributed by atoms with Gasteiger partial charge in [-0.25, -0.2) is 10.2 Å². The van der Waals surface area contributed by atoms with Crippen molar-refractivity contribution in [1.29, 1.82) is 0 Å². The van der Waals surface area contributed by atoms with E-state index in [1.807, 2.05) is 5.43 Å². The summed E-state index contributed by atoms with van der Waals surface area (Å²) >= 11 is 0. The number of amides is 1. The summed E-state index contributed by atoms with van der Waals surface area (Å²) in [5.74, 6) is 3.92. The van der Waals surface area contributed by atoms with Gasteiger partial charge in [0.2, 0.25) is 5.91 Å². The lowest BCUT2D eigenvalue weighted by Crippen LogP contribution is -2.44. The molecule has 0 aromatic heterocycles. The minimum absolute atomic E-state index is 0.381. The minimum atomic E-state index is -0.964. The third-order valence-electron chi connectivity index (χ3n) is 1.67. The van der Waals surface area contributed by atoms with Crippen LogP contribution in [0, 0.1) is 5.92 Å². The van der Waals surface area contributed by atoms with Crippen LogP contribution in [0.4, 0.5) is 4.39 Å². The zero-order valence-electron chi connectivity index (χ0n) is 4.93. The van der Waals surface area contributed by atoms with Gasteiger partial charge in [0.15, 0.2) is 0 Å². The van der Waals surface area contributed by atoms with Crippen molar-refractivity contribution in [2.24, 2.45) is 11.8 Å². The molecule has 1 rings (SSSR count). The largest absolute Gasteiger partial charge is 0.294 e.